The number of hydrogen-bond acceptors (Lipinski definition) is 2. The highest BCUT2D eigenvalue weighted by atomic mass is 16.3. The maximum absolute atomic E-state index is 11.3. The summed E-state index contributed by atoms with van der Waals surface area (Å²) in [5.74, 6) is 2.06. The number of nitriles is 1. The molecule has 0 aliphatic heterocycles. The van der Waals surface area contributed by atoms with Crippen LogP contribution in [0.5, 0.6) is 0 Å². The van der Waals surface area contributed by atoms with E-state index in [4.69, 9.17) is 0 Å². The van der Waals surface area contributed by atoms with E-state index in [2.05, 4.69) is 26.8 Å². The molecule has 20 heavy (non-hydrogen) atoms. The summed E-state index contributed by atoms with van der Waals surface area (Å²) in [6, 6.07) is 2.58. The van der Waals surface area contributed by atoms with Crippen LogP contribution in [0.4, 0.5) is 0 Å². The molecule has 2 nitrogen and oxygen atoms in total. The van der Waals surface area contributed by atoms with Gasteiger partial charge in [-0.2, -0.15) is 5.26 Å². The van der Waals surface area contributed by atoms with Crippen molar-refractivity contribution in [3.8, 4) is 6.07 Å². The molecule has 2 heteroatoms. The smallest absolute Gasteiger partial charge is 0.0860 e. The van der Waals surface area contributed by atoms with Crippen LogP contribution in [0.2, 0.25) is 0 Å². The average Bonchev–Trinajstić information content (AvgIpc) is 2.47. The summed E-state index contributed by atoms with van der Waals surface area (Å²) in [5.41, 5.74) is -1.19. The minimum Gasteiger partial charge on any atom is -0.388 e. The lowest BCUT2D eigenvalue weighted by atomic mass is 9.56. The van der Waals surface area contributed by atoms with Crippen molar-refractivity contribution in [2.24, 2.45) is 23.2 Å². The Kier molecular flexibility index (Phi) is 4.80. The summed E-state index contributed by atoms with van der Waals surface area (Å²) in [6.45, 7) is 6.78. The van der Waals surface area contributed by atoms with Crippen molar-refractivity contribution in [1.82, 2.24) is 0 Å². The highest BCUT2D eigenvalue weighted by molar-refractivity contribution is 5.14. The third-order valence-corrected chi connectivity index (χ3v) is 6.34. The molecule has 0 aromatic rings. The zero-order valence-corrected chi connectivity index (χ0v) is 13.5. The molecule has 2 aliphatic rings. The Morgan fingerprint density at radius 3 is 2.35 bits per heavy atom. The third kappa shape index (κ3) is 2.75. The molecule has 2 atom stereocenters. The van der Waals surface area contributed by atoms with Crippen molar-refractivity contribution in [3.05, 3.63) is 0 Å². The molecule has 0 aromatic heterocycles. The van der Waals surface area contributed by atoms with Gasteiger partial charge in [0, 0.05) is 0 Å². The summed E-state index contributed by atoms with van der Waals surface area (Å²) >= 11 is 0. The van der Waals surface area contributed by atoms with Gasteiger partial charge in [-0.1, -0.05) is 40.0 Å². The second-order valence-electron chi connectivity index (χ2n) is 7.68. The molecule has 2 rings (SSSR count). The van der Waals surface area contributed by atoms with Crippen LogP contribution in [-0.4, -0.2) is 10.7 Å². The first kappa shape index (κ1) is 15.8. The second kappa shape index (κ2) is 6.06. The first-order valence-corrected chi connectivity index (χ1v) is 8.60. The van der Waals surface area contributed by atoms with Crippen LogP contribution >= 0.6 is 0 Å². The molecule has 0 bridgehead atoms. The van der Waals surface area contributed by atoms with Gasteiger partial charge in [-0.25, -0.2) is 0 Å². The normalized spacial score (nSPS) is 42.4. The van der Waals surface area contributed by atoms with E-state index in [1.54, 1.807) is 0 Å². The molecule has 2 fully saturated rings. The van der Waals surface area contributed by atoms with Gasteiger partial charge in [0.25, 0.3) is 0 Å². The van der Waals surface area contributed by atoms with Crippen LogP contribution in [-0.2, 0) is 0 Å². The fraction of sp³-hybridized carbons (Fsp3) is 0.944. The van der Waals surface area contributed by atoms with Crippen LogP contribution < -0.4 is 0 Å². The summed E-state index contributed by atoms with van der Waals surface area (Å²) in [7, 11) is 0. The maximum Gasteiger partial charge on any atom is 0.0860 e. The number of hydrogen-bond donors (Lipinski definition) is 1. The quantitative estimate of drug-likeness (QED) is 0.814. The Morgan fingerprint density at radius 2 is 1.85 bits per heavy atom. The van der Waals surface area contributed by atoms with E-state index in [0.717, 1.165) is 57.3 Å². The van der Waals surface area contributed by atoms with Crippen LogP contribution in [0.15, 0.2) is 0 Å². The molecule has 2 saturated carbocycles. The van der Waals surface area contributed by atoms with Crippen LogP contribution in [0.3, 0.4) is 0 Å². The fourth-order valence-electron chi connectivity index (χ4n) is 4.63. The molecule has 0 spiro atoms. The monoisotopic (exact) mass is 277 g/mol. The van der Waals surface area contributed by atoms with Gasteiger partial charge in [0.05, 0.1) is 17.1 Å². The lowest BCUT2D eigenvalue weighted by Gasteiger charge is -2.50. The summed E-state index contributed by atoms with van der Waals surface area (Å²) in [5, 5.41) is 21.1. The van der Waals surface area contributed by atoms with Crippen LogP contribution in [0.25, 0.3) is 0 Å². The molecule has 0 heterocycles. The largest absolute Gasteiger partial charge is 0.388 e. The van der Waals surface area contributed by atoms with Crippen molar-refractivity contribution in [1.29, 1.82) is 5.26 Å². The Balaban J connectivity index is 2.13. The van der Waals surface area contributed by atoms with Gasteiger partial charge in [-0.05, 0) is 56.3 Å². The van der Waals surface area contributed by atoms with Crippen molar-refractivity contribution in [3.63, 3.8) is 0 Å². The summed E-state index contributed by atoms with van der Waals surface area (Å²) < 4.78 is 0. The minimum absolute atomic E-state index is 0.466. The van der Waals surface area contributed by atoms with Gasteiger partial charge in [-0.15, -0.1) is 0 Å². The molecule has 0 amide bonds. The summed E-state index contributed by atoms with van der Waals surface area (Å²) in [6.07, 6.45) is 9.18. The maximum atomic E-state index is 11.3. The third-order valence-electron chi connectivity index (χ3n) is 6.34. The number of aliphatic hydroxyl groups is 1. The molecular formula is C18H31NO. The van der Waals surface area contributed by atoms with Gasteiger partial charge in [0.1, 0.15) is 0 Å². The Hall–Kier alpha value is -0.550. The highest BCUT2D eigenvalue weighted by Gasteiger charge is 2.53. The fourth-order valence-corrected chi connectivity index (χ4v) is 4.63. The molecule has 0 radical (unpaired) electrons. The van der Waals surface area contributed by atoms with Gasteiger partial charge < -0.3 is 5.11 Å². The summed E-state index contributed by atoms with van der Waals surface area (Å²) in [4.78, 5) is 0. The van der Waals surface area contributed by atoms with E-state index in [-0.39, 0.29) is 0 Å². The predicted octanol–water partition coefficient (Wildman–Crippen LogP) is 4.67. The van der Waals surface area contributed by atoms with Crippen LogP contribution in [0, 0.1) is 34.5 Å². The van der Waals surface area contributed by atoms with Crippen molar-refractivity contribution < 1.29 is 5.11 Å². The Labute approximate surface area is 124 Å². The first-order valence-electron chi connectivity index (χ1n) is 8.60. The SMILES string of the molecule is CCC1CCCC(O)(C2(C#N)CCC(C(C)C)CC2)C1. The lowest BCUT2D eigenvalue weighted by molar-refractivity contribution is -0.116. The molecule has 0 aromatic carbocycles. The van der Waals surface area contributed by atoms with Crippen molar-refractivity contribution >= 4 is 0 Å². The van der Waals surface area contributed by atoms with E-state index in [9.17, 15) is 10.4 Å². The predicted molar refractivity (Wildman–Crippen MR) is 82.0 cm³/mol. The highest BCUT2D eigenvalue weighted by Crippen LogP contribution is 2.53. The van der Waals surface area contributed by atoms with Gasteiger partial charge >= 0.3 is 0 Å². The Bertz CT molecular complexity index is 362. The number of nitrogens with zero attached hydrogens (tertiary/aromatic N) is 1. The Morgan fingerprint density at radius 1 is 1.20 bits per heavy atom. The van der Waals surface area contributed by atoms with Gasteiger partial charge in [0.2, 0.25) is 0 Å². The number of rotatable bonds is 3. The molecule has 2 aliphatic carbocycles. The topological polar surface area (TPSA) is 44.0 Å². The van der Waals surface area contributed by atoms with Crippen molar-refractivity contribution in [2.75, 3.05) is 0 Å². The average molecular weight is 277 g/mol. The molecular weight excluding hydrogens is 246 g/mol. The lowest BCUT2D eigenvalue weighted by Crippen LogP contribution is -2.52. The molecule has 1 N–H and O–H groups in total. The molecule has 114 valence electrons. The minimum atomic E-state index is -0.720. The van der Waals surface area contributed by atoms with E-state index < -0.39 is 11.0 Å². The standard InChI is InChI=1S/C18H31NO/c1-4-15-6-5-9-18(20,12-15)17(13-19)10-7-16(8-11-17)14(2)3/h14-16,20H,4-12H2,1-3H3. The van der Waals surface area contributed by atoms with E-state index in [0.29, 0.717) is 11.8 Å². The van der Waals surface area contributed by atoms with Gasteiger partial charge in [-0.3, -0.25) is 0 Å². The van der Waals surface area contributed by atoms with E-state index >= 15 is 0 Å². The van der Waals surface area contributed by atoms with E-state index in [1.165, 1.54) is 6.42 Å². The van der Waals surface area contributed by atoms with E-state index in [1.807, 2.05) is 0 Å². The molecule has 2 unspecified atom stereocenters. The first-order chi connectivity index (χ1) is 9.46. The van der Waals surface area contributed by atoms with Crippen LogP contribution in [0.1, 0.15) is 78.6 Å². The zero-order valence-electron chi connectivity index (χ0n) is 13.5. The van der Waals surface area contributed by atoms with Crippen molar-refractivity contribution in [2.45, 2.75) is 84.2 Å². The second-order valence-corrected chi connectivity index (χ2v) is 7.68. The zero-order chi connectivity index (χ0) is 14.8. The van der Waals surface area contributed by atoms with Gasteiger partial charge in [0.15, 0.2) is 0 Å². The molecule has 0 saturated heterocycles.